The summed E-state index contributed by atoms with van der Waals surface area (Å²) in [5.74, 6) is -0.838. The van der Waals surface area contributed by atoms with Gasteiger partial charge in [0.25, 0.3) is 5.91 Å². The van der Waals surface area contributed by atoms with E-state index in [1.54, 1.807) is 19.3 Å². The van der Waals surface area contributed by atoms with Gasteiger partial charge in [-0.1, -0.05) is 0 Å². The fraction of sp³-hybridized carbons (Fsp3) is 0.273. The lowest BCUT2D eigenvalue weighted by atomic mass is 10.1. The Kier molecular flexibility index (Phi) is 6.14. The zero-order valence-electron chi connectivity index (χ0n) is 18.9. The van der Waals surface area contributed by atoms with Crippen molar-refractivity contribution in [1.82, 2.24) is 29.7 Å². The second-order valence-corrected chi connectivity index (χ2v) is 10.4. The smallest absolute Gasteiger partial charge is 0.387 e. The van der Waals surface area contributed by atoms with Crippen molar-refractivity contribution in [2.24, 2.45) is 7.05 Å². The standard InChI is InChI=1S/C22H21F2N7O4S/c1-30-12-17(28-21(32)16-11-27-31-8-2-6-26-20(16)31)19(29-30)15-9-13(3-4-18(15)35-22(23)24)36(33,34)14-5-7-25-10-14/h2-4,6,8-9,11-12,14,22,25H,5,7,10H2,1H3,(H,28,32). The third kappa shape index (κ3) is 4.40. The van der Waals surface area contributed by atoms with Crippen LogP contribution in [0, 0.1) is 0 Å². The first kappa shape index (κ1) is 23.8. The van der Waals surface area contributed by atoms with Gasteiger partial charge in [0.15, 0.2) is 15.5 Å². The van der Waals surface area contributed by atoms with Gasteiger partial charge < -0.3 is 15.4 Å². The first-order chi connectivity index (χ1) is 17.2. The second kappa shape index (κ2) is 9.28. The Bertz CT molecular complexity index is 1550. The normalized spacial score (nSPS) is 16.1. The number of nitrogens with one attached hydrogen (secondary N) is 2. The molecule has 1 aliphatic rings. The highest BCUT2D eigenvalue weighted by Crippen LogP contribution is 2.37. The number of fused-ring (bicyclic) bond motifs is 1. The number of benzene rings is 1. The Balaban J connectivity index is 1.56. The summed E-state index contributed by atoms with van der Waals surface area (Å²) in [7, 11) is -2.17. The van der Waals surface area contributed by atoms with Gasteiger partial charge in [-0.15, -0.1) is 0 Å². The molecule has 4 aromatic rings. The third-order valence-electron chi connectivity index (χ3n) is 5.81. The Labute approximate surface area is 204 Å². The number of amides is 1. The Morgan fingerprint density at radius 3 is 2.92 bits per heavy atom. The van der Waals surface area contributed by atoms with Crippen LogP contribution < -0.4 is 15.4 Å². The molecule has 1 atom stereocenters. The van der Waals surface area contributed by atoms with Crippen LogP contribution in [0.5, 0.6) is 5.75 Å². The number of sulfone groups is 1. The van der Waals surface area contributed by atoms with E-state index in [0.29, 0.717) is 25.2 Å². The van der Waals surface area contributed by atoms with E-state index in [4.69, 9.17) is 0 Å². The molecule has 0 spiro atoms. The average molecular weight is 518 g/mol. The maximum absolute atomic E-state index is 13.2. The van der Waals surface area contributed by atoms with E-state index in [9.17, 15) is 22.0 Å². The van der Waals surface area contributed by atoms with E-state index in [0.717, 1.165) is 0 Å². The molecule has 4 heterocycles. The molecule has 1 aromatic carbocycles. The second-order valence-electron chi connectivity index (χ2n) is 8.16. The van der Waals surface area contributed by atoms with Crippen molar-refractivity contribution in [3.8, 4) is 17.0 Å². The lowest BCUT2D eigenvalue weighted by molar-refractivity contribution is -0.0494. The first-order valence-electron chi connectivity index (χ1n) is 10.9. The van der Waals surface area contributed by atoms with Crippen LogP contribution in [0.2, 0.25) is 0 Å². The van der Waals surface area contributed by atoms with Crippen molar-refractivity contribution in [2.45, 2.75) is 23.2 Å². The van der Waals surface area contributed by atoms with E-state index in [-0.39, 0.29) is 33.2 Å². The molecule has 2 N–H and O–H groups in total. The van der Waals surface area contributed by atoms with Gasteiger partial charge in [0, 0.05) is 37.7 Å². The minimum Gasteiger partial charge on any atom is -0.434 e. The number of halogens is 2. The van der Waals surface area contributed by atoms with Crippen molar-refractivity contribution < 1.29 is 26.7 Å². The molecule has 5 rings (SSSR count). The van der Waals surface area contributed by atoms with Crippen LogP contribution in [-0.2, 0) is 16.9 Å². The van der Waals surface area contributed by atoms with Crippen LogP contribution in [0.3, 0.4) is 0 Å². The maximum Gasteiger partial charge on any atom is 0.387 e. The Morgan fingerprint density at radius 1 is 1.33 bits per heavy atom. The molecule has 11 nitrogen and oxygen atoms in total. The van der Waals surface area contributed by atoms with Crippen molar-refractivity contribution in [2.75, 3.05) is 18.4 Å². The summed E-state index contributed by atoms with van der Waals surface area (Å²) in [6.07, 6.45) is 6.41. The highest BCUT2D eigenvalue weighted by molar-refractivity contribution is 7.92. The number of aromatic nitrogens is 5. The molecule has 3 aromatic heterocycles. The molecule has 1 saturated heterocycles. The van der Waals surface area contributed by atoms with Gasteiger partial charge in [-0.3, -0.25) is 9.48 Å². The maximum atomic E-state index is 13.2. The van der Waals surface area contributed by atoms with Crippen molar-refractivity contribution in [3.05, 3.63) is 54.6 Å². The summed E-state index contributed by atoms with van der Waals surface area (Å²) in [4.78, 5) is 17.2. The van der Waals surface area contributed by atoms with Crippen LogP contribution in [0.4, 0.5) is 14.5 Å². The predicted octanol–water partition coefficient (Wildman–Crippen LogP) is 2.12. The average Bonchev–Trinajstić information content (AvgIpc) is 3.59. The van der Waals surface area contributed by atoms with E-state index in [2.05, 4.69) is 30.6 Å². The molecule has 188 valence electrons. The molecule has 1 amide bonds. The highest BCUT2D eigenvalue weighted by Gasteiger charge is 2.32. The molecule has 0 saturated carbocycles. The molecule has 0 aliphatic carbocycles. The molecule has 1 aliphatic heterocycles. The van der Waals surface area contributed by atoms with Gasteiger partial charge >= 0.3 is 6.61 Å². The summed E-state index contributed by atoms with van der Waals surface area (Å²) < 4.78 is 60.2. The summed E-state index contributed by atoms with van der Waals surface area (Å²) in [5, 5.41) is 13.5. The lowest BCUT2D eigenvalue weighted by Gasteiger charge is -2.15. The van der Waals surface area contributed by atoms with Crippen LogP contribution in [0.25, 0.3) is 16.9 Å². The van der Waals surface area contributed by atoms with Gasteiger partial charge in [0.2, 0.25) is 0 Å². The van der Waals surface area contributed by atoms with Gasteiger partial charge in [-0.2, -0.15) is 19.0 Å². The summed E-state index contributed by atoms with van der Waals surface area (Å²) in [5.41, 5.74) is 0.720. The summed E-state index contributed by atoms with van der Waals surface area (Å²) >= 11 is 0. The van der Waals surface area contributed by atoms with Crippen LogP contribution in [0.15, 0.2) is 53.9 Å². The van der Waals surface area contributed by atoms with Gasteiger partial charge in [0.1, 0.15) is 17.0 Å². The Hall–Kier alpha value is -3.91. The fourth-order valence-electron chi connectivity index (χ4n) is 4.11. The van der Waals surface area contributed by atoms with Gasteiger partial charge in [0.05, 0.1) is 22.0 Å². The molecule has 14 heteroatoms. The van der Waals surface area contributed by atoms with E-state index in [1.807, 2.05) is 0 Å². The van der Waals surface area contributed by atoms with E-state index < -0.39 is 27.6 Å². The van der Waals surface area contributed by atoms with E-state index >= 15 is 0 Å². The topological polar surface area (TPSA) is 133 Å². The number of hydrogen-bond acceptors (Lipinski definition) is 8. The van der Waals surface area contributed by atoms with Crippen LogP contribution >= 0.6 is 0 Å². The number of hydrogen-bond donors (Lipinski definition) is 2. The van der Waals surface area contributed by atoms with Crippen LogP contribution in [0.1, 0.15) is 16.8 Å². The SMILES string of the molecule is Cn1cc(NC(=O)c2cnn3cccnc23)c(-c2cc(S(=O)(=O)C3CCNC3)ccc2OC(F)F)n1. The number of carbonyl (C=O) groups excluding carboxylic acids is 1. The number of carbonyl (C=O) groups is 1. The van der Waals surface area contributed by atoms with Gasteiger partial charge in [-0.25, -0.2) is 17.9 Å². The number of rotatable bonds is 7. The lowest BCUT2D eigenvalue weighted by Crippen LogP contribution is -2.24. The quantitative estimate of drug-likeness (QED) is 0.381. The van der Waals surface area contributed by atoms with Crippen LogP contribution in [-0.4, -0.2) is 63.7 Å². The molecule has 0 bridgehead atoms. The minimum absolute atomic E-state index is 0.00350. The monoisotopic (exact) mass is 517 g/mol. The fourth-order valence-corrected chi connectivity index (χ4v) is 5.80. The Morgan fingerprint density at radius 2 is 2.17 bits per heavy atom. The number of anilines is 1. The molecule has 0 radical (unpaired) electrons. The summed E-state index contributed by atoms with van der Waals surface area (Å²) in [6.45, 7) is -2.29. The molecular weight excluding hydrogens is 496 g/mol. The first-order valence-corrected chi connectivity index (χ1v) is 12.5. The van der Waals surface area contributed by atoms with Crippen molar-refractivity contribution in [3.63, 3.8) is 0 Å². The van der Waals surface area contributed by atoms with Crippen molar-refractivity contribution >= 4 is 27.1 Å². The zero-order chi connectivity index (χ0) is 25.4. The predicted molar refractivity (Wildman–Crippen MR) is 125 cm³/mol. The van der Waals surface area contributed by atoms with E-state index in [1.165, 1.54) is 46.0 Å². The van der Waals surface area contributed by atoms with Gasteiger partial charge in [-0.05, 0) is 37.2 Å². The molecule has 1 fully saturated rings. The minimum atomic E-state index is -3.75. The number of ether oxygens (including phenoxy) is 1. The molecule has 36 heavy (non-hydrogen) atoms. The number of alkyl halides is 2. The zero-order valence-corrected chi connectivity index (χ0v) is 19.7. The summed E-state index contributed by atoms with van der Waals surface area (Å²) in [6, 6.07) is 5.32. The molecule has 1 unspecified atom stereocenters. The molecular formula is C22H21F2N7O4S. The number of nitrogens with zero attached hydrogens (tertiary/aromatic N) is 5. The number of aryl methyl sites for hydroxylation is 1. The highest BCUT2D eigenvalue weighted by atomic mass is 32.2. The third-order valence-corrected chi connectivity index (χ3v) is 8.00. The van der Waals surface area contributed by atoms with Crippen molar-refractivity contribution in [1.29, 1.82) is 0 Å². The largest absolute Gasteiger partial charge is 0.434 e.